The van der Waals surface area contributed by atoms with Gasteiger partial charge in [0.2, 0.25) is 0 Å². The van der Waals surface area contributed by atoms with Gasteiger partial charge in [-0.25, -0.2) is 0 Å². The number of hydrogen-bond donors (Lipinski definition) is 1. The van der Waals surface area contributed by atoms with Crippen molar-refractivity contribution in [2.45, 2.75) is 11.1 Å². The molecule has 2 aromatic carbocycles. The van der Waals surface area contributed by atoms with E-state index < -0.39 is 11.7 Å². The highest BCUT2D eigenvalue weighted by atomic mass is 32.1. The molecule has 98 valence electrons. The summed E-state index contributed by atoms with van der Waals surface area (Å²) in [6.45, 7) is 0. The molecule has 2 aromatic rings. The van der Waals surface area contributed by atoms with Gasteiger partial charge in [-0.2, -0.15) is 13.2 Å². The molecule has 7 heteroatoms. The van der Waals surface area contributed by atoms with Crippen LogP contribution < -0.4 is 0 Å². The van der Waals surface area contributed by atoms with Gasteiger partial charge in [0.15, 0.2) is 0 Å². The molecule has 0 atom stereocenters. The minimum Gasteiger partial charge on any atom is -0.166 e. The maximum Gasteiger partial charge on any atom is 0.416 e. The smallest absolute Gasteiger partial charge is 0.166 e. The summed E-state index contributed by atoms with van der Waals surface area (Å²) in [6, 6.07) is 4.87. The van der Waals surface area contributed by atoms with Gasteiger partial charge in [-0.1, -0.05) is 48.8 Å². The van der Waals surface area contributed by atoms with E-state index in [-0.39, 0.29) is 4.51 Å². The molecule has 0 nitrogen and oxygen atoms in total. The van der Waals surface area contributed by atoms with Gasteiger partial charge in [-0.05, 0) is 17.7 Å². The third-order valence-electron chi connectivity index (χ3n) is 2.57. The highest BCUT2D eigenvalue weighted by molar-refractivity contribution is 7.81. The molecule has 0 saturated carbocycles. The Morgan fingerprint density at radius 3 is 2.05 bits per heavy atom. The molecule has 0 fully saturated rings. The summed E-state index contributed by atoms with van der Waals surface area (Å²) >= 11 is 19.4. The Labute approximate surface area is 128 Å². The predicted octanol–water partition coefficient (Wildman–Crippen LogP) is 5.73. The molecule has 0 radical (unpaired) electrons. The molecule has 0 unspecified atom stereocenters. The molecular formula is C12H5F3S4. The molecule has 0 aliphatic rings. The molecule has 0 N–H and O–H groups in total. The Morgan fingerprint density at radius 1 is 0.947 bits per heavy atom. The predicted molar refractivity (Wildman–Crippen MR) is 79.0 cm³/mol. The van der Waals surface area contributed by atoms with E-state index in [0.29, 0.717) is 25.0 Å². The monoisotopic (exact) mass is 334 g/mol. The van der Waals surface area contributed by atoms with Crippen LogP contribution in [0.25, 0.3) is 11.1 Å². The zero-order valence-electron chi connectivity index (χ0n) is 9.12. The van der Waals surface area contributed by atoms with Crippen LogP contribution in [-0.2, 0) is 6.18 Å². The highest BCUT2D eigenvalue weighted by Gasteiger charge is 2.30. The first-order valence-electron chi connectivity index (χ1n) is 4.97. The van der Waals surface area contributed by atoms with Crippen molar-refractivity contribution in [3.8, 4) is 11.1 Å². The van der Waals surface area contributed by atoms with Gasteiger partial charge in [0, 0.05) is 10.5 Å². The Morgan fingerprint density at radius 2 is 1.58 bits per heavy atom. The van der Waals surface area contributed by atoms with Gasteiger partial charge in [-0.3, -0.25) is 0 Å². The topological polar surface area (TPSA) is 0 Å². The maximum atomic E-state index is 12.7. The third-order valence-corrected chi connectivity index (χ3v) is 4.65. The second-order valence-corrected chi connectivity index (χ2v) is 5.46. The second kappa shape index (κ2) is 5.05. The minimum atomic E-state index is -4.41. The van der Waals surface area contributed by atoms with E-state index in [1.165, 1.54) is 12.1 Å². The SMILES string of the molecule is FC(F)(F)c1cccc(-c2c(S)c(=S)c(=S)c2=S)c1. The lowest BCUT2D eigenvalue weighted by atomic mass is 10.1. The number of alkyl halides is 3. The Balaban J connectivity index is 2.75. The second-order valence-electron chi connectivity index (χ2n) is 3.79. The summed E-state index contributed by atoms with van der Waals surface area (Å²) in [5.74, 6) is 0. The average molecular weight is 334 g/mol. The van der Waals surface area contributed by atoms with E-state index in [0.717, 1.165) is 12.1 Å². The van der Waals surface area contributed by atoms with Gasteiger partial charge in [0.25, 0.3) is 0 Å². The lowest BCUT2D eigenvalue weighted by Gasteiger charge is -2.08. The molecule has 0 saturated heterocycles. The van der Waals surface area contributed by atoms with E-state index >= 15 is 0 Å². The summed E-state index contributed by atoms with van der Waals surface area (Å²) < 4.78 is 38.9. The van der Waals surface area contributed by atoms with Gasteiger partial charge in [0.05, 0.1) is 19.1 Å². The molecule has 0 heterocycles. The van der Waals surface area contributed by atoms with Crippen molar-refractivity contribution in [3.63, 3.8) is 0 Å². The zero-order valence-corrected chi connectivity index (χ0v) is 12.5. The van der Waals surface area contributed by atoms with Crippen molar-refractivity contribution >= 4 is 49.3 Å². The summed E-state index contributed by atoms with van der Waals surface area (Å²) in [5.41, 5.74) is -0.0170. The van der Waals surface area contributed by atoms with E-state index in [9.17, 15) is 13.2 Å². The van der Waals surface area contributed by atoms with Gasteiger partial charge in [-0.15, -0.1) is 12.6 Å². The summed E-state index contributed by atoms with van der Waals surface area (Å²) in [6.07, 6.45) is -4.41. The molecule has 2 rings (SSSR count). The van der Waals surface area contributed by atoms with Crippen LogP contribution in [0.3, 0.4) is 0 Å². The summed E-state index contributed by atoms with van der Waals surface area (Å²) in [7, 11) is 0. The van der Waals surface area contributed by atoms with Crippen LogP contribution >= 0.6 is 49.3 Å². The van der Waals surface area contributed by atoms with E-state index in [4.69, 9.17) is 36.7 Å². The summed E-state index contributed by atoms with van der Waals surface area (Å²) in [5, 5.41) is 0. The lowest BCUT2D eigenvalue weighted by Crippen LogP contribution is -2.04. The normalized spacial score (nSPS) is 11.8. The molecule has 0 spiro atoms. The van der Waals surface area contributed by atoms with Crippen LogP contribution in [0.15, 0.2) is 29.2 Å². The first kappa shape index (κ1) is 14.8. The Hall–Kier alpha value is -0.630. The quantitative estimate of drug-likeness (QED) is 0.523. The van der Waals surface area contributed by atoms with Crippen LogP contribution in [0.4, 0.5) is 13.2 Å². The van der Waals surface area contributed by atoms with Crippen molar-refractivity contribution in [3.05, 3.63) is 43.4 Å². The summed E-state index contributed by atoms with van der Waals surface area (Å²) in [4.78, 5) is 0.365. The van der Waals surface area contributed by atoms with Gasteiger partial charge >= 0.3 is 6.18 Å². The molecule has 0 aliphatic carbocycles. The van der Waals surface area contributed by atoms with Crippen LogP contribution in [0.1, 0.15) is 5.56 Å². The largest absolute Gasteiger partial charge is 0.416 e. The van der Waals surface area contributed by atoms with Gasteiger partial charge < -0.3 is 0 Å². The number of rotatable bonds is 1. The van der Waals surface area contributed by atoms with E-state index in [1.807, 2.05) is 0 Å². The van der Waals surface area contributed by atoms with Crippen molar-refractivity contribution < 1.29 is 13.2 Å². The standard InChI is InChI=1S/C12H5F3S4/c13-12(14,15)6-3-1-2-5(4-6)7-8(16)10(18)11(19)9(7)17/h1-4,16H. The first-order chi connectivity index (χ1) is 8.73. The third kappa shape index (κ3) is 2.65. The molecule has 0 bridgehead atoms. The number of hydrogen-bond acceptors (Lipinski definition) is 4. The zero-order chi connectivity index (χ0) is 14.4. The minimum absolute atomic E-state index is 0.282. The number of benzene rings is 1. The molecule has 19 heavy (non-hydrogen) atoms. The van der Waals surface area contributed by atoms with E-state index in [2.05, 4.69) is 12.6 Å². The fraction of sp³-hybridized carbons (Fsp3) is 0.0833. The first-order valence-corrected chi connectivity index (χ1v) is 6.65. The fourth-order valence-corrected chi connectivity index (χ4v) is 2.96. The van der Waals surface area contributed by atoms with Crippen molar-refractivity contribution in [2.75, 3.05) is 0 Å². The van der Waals surface area contributed by atoms with Crippen LogP contribution in [0.5, 0.6) is 0 Å². The molecular weight excluding hydrogens is 329 g/mol. The van der Waals surface area contributed by atoms with E-state index in [1.54, 1.807) is 0 Å². The van der Waals surface area contributed by atoms with Gasteiger partial charge in [0.1, 0.15) is 0 Å². The molecule has 0 aliphatic heterocycles. The van der Waals surface area contributed by atoms with Crippen LogP contribution in [-0.4, -0.2) is 0 Å². The molecule has 0 amide bonds. The number of thiol groups is 1. The van der Waals surface area contributed by atoms with Crippen LogP contribution in [0.2, 0.25) is 0 Å². The van der Waals surface area contributed by atoms with Crippen molar-refractivity contribution in [1.29, 1.82) is 0 Å². The number of halogens is 3. The van der Waals surface area contributed by atoms with Crippen molar-refractivity contribution in [1.82, 2.24) is 0 Å². The average Bonchev–Trinajstić information content (AvgIpc) is 2.53. The Kier molecular flexibility index (Phi) is 3.92. The Bertz CT molecular complexity index is 783. The fourth-order valence-electron chi connectivity index (χ4n) is 1.66. The molecule has 0 aromatic heterocycles. The van der Waals surface area contributed by atoms with Crippen LogP contribution in [0, 0.1) is 13.5 Å². The maximum absolute atomic E-state index is 12.7. The lowest BCUT2D eigenvalue weighted by molar-refractivity contribution is -0.137. The highest BCUT2D eigenvalue weighted by Crippen LogP contribution is 2.36. The van der Waals surface area contributed by atoms with Crippen molar-refractivity contribution in [2.24, 2.45) is 0 Å².